The molecule has 0 bridgehead atoms. The van der Waals surface area contributed by atoms with Crippen molar-refractivity contribution in [2.24, 2.45) is 4.99 Å². The molecule has 27 heavy (non-hydrogen) atoms. The number of carbonyl (C=O) groups excluding carboxylic acids is 1. The van der Waals surface area contributed by atoms with Gasteiger partial charge in [0.2, 0.25) is 0 Å². The van der Waals surface area contributed by atoms with Crippen LogP contribution < -0.4 is 10.6 Å². The van der Waals surface area contributed by atoms with Crippen LogP contribution in [0.2, 0.25) is 0 Å². The number of nitrogens with zero attached hydrogens (tertiary/aromatic N) is 1. The van der Waals surface area contributed by atoms with Crippen LogP contribution in [0.3, 0.4) is 0 Å². The molecule has 0 aromatic heterocycles. The van der Waals surface area contributed by atoms with E-state index < -0.39 is 0 Å². The van der Waals surface area contributed by atoms with Gasteiger partial charge in [-0.05, 0) is 67.0 Å². The number of carbonyl (C=O) groups is 1. The minimum Gasteiger partial charge on any atom is -0.332 e. The van der Waals surface area contributed by atoms with Crippen LogP contribution in [0.1, 0.15) is 42.1 Å². The Kier molecular flexibility index (Phi) is 8.39. The second kappa shape index (κ2) is 11.0. The highest BCUT2D eigenvalue weighted by Gasteiger charge is 2.08. The third-order valence-corrected chi connectivity index (χ3v) is 4.17. The van der Waals surface area contributed by atoms with E-state index in [4.69, 9.17) is 12.2 Å². The summed E-state index contributed by atoms with van der Waals surface area (Å²) in [7, 11) is 0. The fourth-order valence-electron chi connectivity index (χ4n) is 2.51. The molecule has 4 nitrogen and oxygen atoms in total. The Morgan fingerprint density at radius 3 is 2.44 bits per heavy atom. The lowest BCUT2D eigenvalue weighted by Crippen LogP contribution is -2.34. The smallest absolute Gasteiger partial charge is 0.257 e. The van der Waals surface area contributed by atoms with Crippen molar-refractivity contribution in [3.63, 3.8) is 0 Å². The largest absolute Gasteiger partial charge is 0.332 e. The zero-order chi connectivity index (χ0) is 19.5. The first kappa shape index (κ1) is 20.5. The minimum atomic E-state index is -0.261. The summed E-state index contributed by atoms with van der Waals surface area (Å²) in [5.74, 6) is -0.261. The van der Waals surface area contributed by atoms with E-state index in [1.54, 1.807) is 36.6 Å². The van der Waals surface area contributed by atoms with Gasteiger partial charge in [0.1, 0.15) is 0 Å². The fraction of sp³-hybridized carbons (Fsp3) is 0.227. The Bertz CT molecular complexity index is 795. The van der Waals surface area contributed by atoms with Crippen molar-refractivity contribution in [2.75, 3.05) is 5.32 Å². The van der Waals surface area contributed by atoms with Crippen molar-refractivity contribution in [1.29, 1.82) is 0 Å². The Morgan fingerprint density at radius 1 is 1.11 bits per heavy atom. The first-order chi connectivity index (χ1) is 13.1. The van der Waals surface area contributed by atoms with Gasteiger partial charge >= 0.3 is 0 Å². The van der Waals surface area contributed by atoms with Gasteiger partial charge in [-0.2, -0.15) is 0 Å². The molecule has 0 fully saturated rings. The molecule has 5 heteroatoms. The molecule has 0 aliphatic carbocycles. The highest BCUT2D eigenvalue weighted by Crippen LogP contribution is 2.14. The second-order valence-corrected chi connectivity index (χ2v) is 6.53. The Labute approximate surface area is 166 Å². The van der Waals surface area contributed by atoms with Gasteiger partial charge in [-0.15, -0.1) is 0 Å². The number of benzene rings is 2. The molecule has 2 N–H and O–H groups in total. The van der Waals surface area contributed by atoms with Crippen molar-refractivity contribution in [3.8, 4) is 0 Å². The molecule has 0 heterocycles. The zero-order valence-electron chi connectivity index (χ0n) is 15.6. The maximum absolute atomic E-state index is 12.3. The molecule has 0 radical (unpaired) electrons. The van der Waals surface area contributed by atoms with E-state index in [-0.39, 0.29) is 11.0 Å². The number of nitrogens with one attached hydrogen (secondary N) is 2. The summed E-state index contributed by atoms with van der Waals surface area (Å²) in [5.41, 5.74) is 3.44. The number of thiocarbonyl (C=S) groups is 1. The van der Waals surface area contributed by atoms with Crippen LogP contribution in [0, 0.1) is 0 Å². The monoisotopic (exact) mass is 379 g/mol. The molecule has 1 amide bonds. The summed E-state index contributed by atoms with van der Waals surface area (Å²) in [4.78, 5) is 16.4. The summed E-state index contributed by atoms with van der Waals surface area (Å²) >= 11 is 5.24. The van der Waals surface area contributed by atoms with Gasteiger partial charge in [0, 0.05) is 17.5 Å². The number of aliphatic imine (C=N–C) groups is 1. The number of hydrogen-bond donors (Lipinski definition) is 2. The molecule has 2 aromatic rings. The summed E-state index contributed by atoms with van der Waals surface area (Å²) in [6.45, 7) is 5.78. The first-order valence-corrected chi connectivity index (χ1v) is 9.49. The van der Waals surface area contributed by atoms with Gasteiger partial charge in [0.25, 0.3) is 5.91 Å². The van der Waals surface area contributed by atoms with Crippen molar-refractivity contribution in [3.05, 3.63) is 72.3 Å². The van der Waals surface area contributed by atoms with Crippen LogP contribution in [0.25, 0.3) is 0 Å². The van der Waals surface area contributed by atoms with Gasteiger partial charge in [-0.3, -0.25) is 15.1 Å². The molecular weight excluding hydrogens is 354 g/mol. The Morgan fingerprint density at radius 2 is 1.81 bits per heavy atom. The molecule has 140 valence electrons. The molecular formula is C22H25N3OS. The third-order valence-electron chi connectivity index (χ3n) is 3.97. The fourth-order valence-corrected chi connectivity index (χ4v) is 2.72. The molecule has 0 atom stereocenters. The number of anilines is 1. The van der Waals surface area contributed by atoms with E-state index in [1.807, 2.05) is 12.1 Å². The summed E-state index contributed by atoms with van der Waals surface area (Å²) in [6.07, 6.45) is 7.96. The minimum absolute atomic E-state index is 0.261. The Hall–Kier alpha value is -2.79. The van der Waals surface area contributed by atoms with Crippen LogP contribution in [-0.2, 0) is 6.42 Å². The van der Waals surface area contributed by atoms with Gasteiger partial charge in [0.05, 0.1) is 5.69 Å². The van der Waals surface area contributed by atoms with Gasteiger partial charge in [-0.25, -0.2) is 0 Å². The molecule has 2 rings (SSSR count). The molecule has 0 aliphatic rings. The molecule has 0 saturated heterocycles. The molecule has 0 spiro atoms. The van der Waals surface area contributed by atoms with E-state index >= 15 is 0 Å². The molecule has 0 unspecified atom stereocenters. The van der Waals surface area contributed by atoms with Crippen LogP contribution in [0.15, 0.2) is 66.2 Å². The average molecular weight is 380 g/mol. The maximum atomic E-state index is 12.3. The lowest BCUT2D eigenvalue weighted by Gasteiger charge is -2.10. The molecule has 0 aliphatic heterocycles. The van der Waals surface area contributed by atoms with Crippen LogP contribution in [0.4, 0.5) is 11.4 Å². The van der Waals surface area contributed by atoms with Crippen LogP contribution in [0.5, 0.6) is 0 Å². The lowest BCUT2D eigenvalue weighted by atomic mass is 10.1. The SMILES string of the molecule is C=C/C=N\c1ccc(C(=O)NC(=S)Nc2ccc(CCCCC)cc2)cc1. The van der Waals surface area contributed by atoms with E-state index in [9.17, 15) is 4.79 Å². The van der Waals surface area contributed by atoms with Crippen molar-refractivity contribution in [2.45, 2.75) is 32.6 Å². The predicted octanol–water partition coefficient (Wildman–Crippen LogP) is 5.43. The number of rotatable bonds is 8. The number of allylic oxidation sites excluding steroid dienone is 1. The number of aryl methyl sites for hydroxylation is 1. The van der Waals surface area contributed by atoms with Crippen molar-refractivity contribution < 1.29 is 4.79 Å². The molecule has 2 aromatic carbocycles. The highest BCUT2D eigenvalue weighted by atomic mass is 32.1. The predicted molar refractivity (Wildman–Crippen MR) is 118 cm³/mol. The average Bonchev–Trinajstić information content (AvgIpc) is 2.68. The maximum Gasteiger partial charge on any atom is 0.257 e. The summed E-state index contributed by atoms with van der Waals surface area (Å²) in [6, 6.07) is 15.1. The van der Waals surface area contributed by atoms with Crippen LogP contribution >= 0.6 is 12.2 Å². The van der Waals surface area contributed by atoms with E-state index in [0.29, 0.717) is 5.56 Å². The van der Waals surface area contributed by atoms with E-state index in [0.717, 1.165) is 17.8 Å². The molecule has 0 saturated carbocycles. The lowest BCUT2D eigenvalue weighted by molar-refractivity contribution is 0.0978. The van der Waals surface area contributed by atoms with Gasteiger partial charge in [0.15, 0.2) is 5.11 Å². The van der Waals surface area contributed by atoms with Crippen molar-refractivity contribution in [1.82, 2.24) is 5.32 Å². The zero-order valence-corrected chi connectivity index (χ0v) is 16.4. The third kappa shape index (κ3) is 7.15. The normalized spacial score (nSPS) is 10.6. The topological polar surface area (TPSA) is 53.5 Å². The van der Waals surface area contributed by atoms with Crippen molar-refractivity contribution >= 4 is 40.8 Å². The van der Waals surface area contributed by atoms with E-state index in [1.165, 1.54) is 24.8 Å². The van der Waals surface area contributed by atoms with E-state index in [2.05, 4.69) is 41.3 Å². The quantitative estimate of drug-likeness (QED) is 0.365. The van der Waals surface area contributed by atoms with Gasteiger partial charge < -0.3 is 5.32 Å². The number of unbranched alkanes of at least 4 members (excludes halogenated alkanes) is 2. The highest BCUT2D eigenvalue weighted by molar-refractivity contribution is 7.80. The summed E-state index contributed by atoms with van der Waals surface area (Å²) in [5, 5.41) is 6.00. The summed E-state index contributed by atoms with van der Waals surface area (Å²) < 4.78 is 0. The van der Waals surface area contributed by atoms with Gasteiger partial charge in [-0.1, -0.05) is 44.6 Å². The Balaban J connectivity index is 1.86. The van der Waals surface area contributed by atoms with Crippen LogP contribution in [-0.4, -0.2) is 17.2 Å². The number of amides is 1. The first-order valence-electron chi connectivity index (χ1n) is 9.09. The second-order valence-electron chi connectivity index (χ2n) is 6.12. The standard InChI is InChI=1S/C22H25N3OS/c1-3-5-6-7-17-8-12-20(13-9-17)24-22(27)25-21(26)18-10-14-19(15-11-18)23-16-4-2/h4,8-16H,2-3,5-7H2,1H3,(H2,24,25,26,27)/b23-16-. The number of hydrogen-bond acceptors (Lipinski definition) is 3.